The van der Waals surface area contributed by atoms with E-state index in [1.807, 2.05) is 27.7 Å². The summed E-state index contributed by atoms with van der Waals surface area (Å²) < 4.78 is 38.0. The molecule has 0 unspecified atom stereocenters. The van der Waals surface area contributed by atoms with Crippen LogP contribution in [0.2, 0.25) is 5.02 Å². The van der Waals surface area contributed by atoms with Crippen LogP contribution >= 0.6 is 23.9 Å². The maximum Gasteiger partial charge on any atom is 0.282 e. The van der Waals surface area contributed by atoms with E-state index in [4.69, 9.17) is 17.0 Å². The van der Waals surface area contributed by atoms with Crippen LogP contribution in [0, 0.1) is 5.41 Å². The Morgan fingerprint density at radius 3 is 2.42 bits per heavy atom. The zero-order valence-corrected chi connectivity index (χ0v) is 23.1. The van der Waals surface area contributed by atoms with Gasteiger partial charge in [0.05, 0.1) is 30.6 Å². The number of halogens is 4. The van der Waals surface area contributed by atoms with E-state index in [0.717, 1.165) is 8.87 Å². The van der Waals surface area contributed by atoms with Crippen LogP contribution in [-0.4, -0.2) is 69.0 Å². The second-order valence-electron chi connectivity index (χ2n) is 8.17. The number of hydrogen-bond acceptors (Lipinski definition) is 7. The molecule has 0 radical (unpaired) electrons. The van der Waals surface area contributed by atoms with Crippen LogP contribution in [0.25, 0.3) is 11.2 Å². The van der Waals surface area contributed by atoms with Crippen LogP contribution in [0.1, 0.15) is 49.3 Å². The van der Waals surface area contributed by atoms with Gasteiger partial charge in [0, 0.05) is 35.6 Å². The summed E-state index contributed by atoms with van der Waals surface area (Å²) in [5, 5.41) is 14.8. The summed E-state index contributed by atoms with van der Waals surface area (Å²) in [4.78, 5) is 31.8. The average molecular weight is 572 g/mol. The Morgan fingerprint density at radius 2 is 1.92 bits per heavy atom. The summed E-state index contributed by atoms with van der Waals surface area (Å²) in [6, 6.07) is 4.99. The lowest BCUT2D eigenvalue weighted by molar-refractivity contribution is -0.153. The summed E-state index contributed by atoms with van der Waals surface area (Å²) in [5.41, 5.74) is 2.23. The summed E-state index contributed by atoms with van der Waals surface area (Å²) in [7, 11) is 1.73. The van der Waals surface area contributed by atoms with E-state index in [0.29, 0.717) is 22.7 Å². The van der Waals surface area contributed by atoms with Gasteiger partial charge in [-0.15, -0.1) is 3.89 Å². The average Bonchev–Trinajstić information content (AvgIpc) is 3.26. The van der Waals surface area contributed by atoms with E-state index in [2.05, 4.69) is 20.6 Å². The molecular formula is C24H29ClF3N7O2S. The van der Waals surface area contributed by atoms with Crippen molar-refractivity contribution in [1.82, 2.24) is 24.2 Å². The third kappa shape index (κ3) is 7.38. The number of fused-ring (bicyclic) bond motifs is 1. The molecule has 0 spiro atoms. The summed E-state index contributed by atoms with van der Waals surface area (Å²) in [6.45, 7) is 6.84. The van der Waals surface area contributed by atoms with Crippen molar-refractivity contribution in [1.29, 1.82) is 5.41 Å². The summed E-state index contributed by atoms with van der Waals surface area (Å²) >= 11 is 5.95. The number of carbonyl (C=O) groups excluding carboxylic acids is 2. The van der Waals surface area contributed by atoms with Crippen LogP contribution in [0.15, 0.2) is 30.6 Å². The van der Waals surface area contributed by atoms with Crippen LogP contribution in [0.5, 0.6) is 0 Å². The molecule has 1 fully saturated rings. The maximum atomic E-state index is 13.3. The second kappa shape index (κ2) is 13.5. The summed E-state index contributed by atoms with van der Waals surface area (Å²) in [5.74, 6) is -2.99. The lowest BCUT2D eigenvalue weighted by Crippen LogP contribution is -2.55. The first kappa shape index (κ1) is 30.9. The third-order valence-electron chi connectivity index (χ3n) is 5.00. The minimum atomic E-state index is -2.61. The molecule has 0 aliphatic carbocycles. The Morgan fingerprint density at radius 1 is 1.26 bits per heavy atom. The van der Waals surface area contributed by atoms with Crippen molar-refractivity contribution >= 4 is 58.8 Å². The van der Waals surface area contributed by atoms with Gasteiger partial charge in [0.25, 0.3) is 11.8 Å². The Bertz CT molecular complexity index is 1300. The van der Waals surface area contributed by atoms with Gasteiger partial charge in [-0.3, -0.25) is 15.0 Å². The number of nitrogens with zero attached hydrogens (tertiary/aromatic N) is 4. The van der Waals surface area contributed by atoms with Gasteiger partial charge in [-0.2, -0.15) is 0 Å². The molecule has 3 heterocycles. The fourth-order valence-corrected chi connectivity index (χ4v) is 3.86. The number of benzene rings is 1. The number of anilines is 1. The SMILES string of the molecule is CC.CNc1cc(Cl)ccc1C(=N)c1cnc2c(n1)c(C(=O)NC(C)C)cn2SF.O=CN1CC(F)(F)C1. The molecule has 2 amide bonds. The number of alkyl halides is 2. The fraction of sp³-hybridized carbons (Fsp3) is 0.375. The predicted octanol–water partition coefficient (Wildman–Crippen LogP) is 5.18. The van der Waals surface area contributed by atoms with E-state index in [1.54, 1.807) is 25.2 Å². The Balaban J connectivity index is 0.000000428. The smallest absolute Gasteiger partial charge is 0.282 e. The fourth-order valence-electron chi connectivity index (χ4n) is 3.35. The number of aromatic nitrogens is 3. The zero-order valence-electron chi connectivity index (χ0n) is 21.5. The molecule has 1 aliphatic rings. The highest BCUT2D eigenvalue weighted by molar-refractivity contribution is 7.92. The largest absolute Gasteiger partial charge is 0.388 e. The van der Waals surface area contributed by atoms with Crippen LogP contribution < -0.4 is 10.6 Å². The minimum Gasteiger partial charge on any atom is -0.388 e. The monoisotopic (exact) mass is 571 g/mol. The van der Waals surface area contributed by atoms with E-state index in [9.17, 15) is 22.3 Å². The van der Waals surface area contributed by atoms with Crippen molar-refractivity contribution in [3.8, 4) is 0 Å². The molecule has 0 saturated carbocycles. The minimum absolute atomic E-state index is 0.0705. The first-order valence-corrected chi connectivity index (χ1v) is 12.7. The van der Waals surface area contributed by atoms with Gasteiger partial charge >= 0.3 is 0 Å². The molecule has 3 aromatic rings. The lowest BCUT2D eigenvalue weighted by atomic mass is 10.1. The molecule has 1 aromatic carbocycles. The third-order valence-corrected chi connectivity index (χ3v) is 5.66. The van der Waals surface area contributed by atoms with Crippen molar-refractivity contribution in [3.05, 3.63) is 52.4 Å². The highest BCUT2D eigenvalue weighted by Crippen LogP contribution is 2.26. The van der Waals surface area contributed by atoms with Gasteiger partial charge < -0.3 is 15.5 Å². The number of likely N-dealkylation sites (tertiary alicyclic amines) is 1. The molecule has 38 heavy (non-hydrogen) atoms. The molecule has 14 heteroatoms. The van der Waals surface area contributed by atoms with Crippen molar-refractivity contribution in [2.45, 2.75) is 39.7 Å². The molecule has 2 aromatic heterocycles. The molecule has 206 valence electrons. The highest BCUT2D eigenvalue weighted by atomic mass is 35.5. The Labute approximate surface area is 228 Å². The molecule has 1 aliphatic heterocycles. The number of amides is 2. The topological polar surface area (TPSA) is 116 Å². The number of rotatable bonds is 7. The lowest BCUT2D eigenvalue weighted by Gasteiger charge is -2.35. The zero-order chi connectivity index (χ0) is 28.6. The standard InChI is InChI=1S/C18H18ClFN6OS.C4H5F2NO.C2H6/c1-9(2)24-18(27)12-8-26(28-20)17-16(12)25-14(7-23-17)15(21)11-5-4-10(19)6-13(11)22-3;5-4(6)1-7(2-4)3-8;1-2/h4-9,21-22H,1-3H3,(H,24,27);3H,1-2H2;1-2H3. The molecule has 9 nitrogen and oxygen atoms in total. The number of carbonyl (C=O) groups is 2. The molecule has 4 rings (SSSR count). The molecule has 0 bridgehead atoms. The van der Waals surface area contributed by atoms with Gasteiger partial charge in [0.15, 0.2) is 18.0 Å². The van der Waals surface area contributed by atoms with Crippen LogP contribution in [0.4, 0.5) is 18.4 Å². The van der Waals surface area contributed by atoms with Crippen LogP contribution in [0.3, 0.4) is 0 Å². The highest BCUT2D eigenvalue weighted by Gasteiger charge is 2.43. The first-order chi connectivity index (χ1) is 18.0. The maximum absolute atomic E-state index is 13.3. The van der Waals surface area contributed by atoms with Gasteiger partial charge in [0.1, 0.15) is 11.2 Å². The predicted molar refractivity (Wildman–Crippen MR) is 145 cm³/mol. The van der Waals surface area contributed by atoms with Gasteiger partial charge in [-0.25, -0.2) is 22.7 Å². The Hall–Kier alpha value is -3.32. The van der Waals surface area contributed by atoms with Gasteiger partial charge in [0.2, 0.25) is 6.41 Å². The molecule has 3 N–H and O–H groups in total. The molecule has 1 saturated heterocycles. The second-order valence-corrected chi connectivity index (χ2v) is 9.14. The van der Waals surface area contributed by atoms with Crippen molar-refractivity contribution in [3.63, 3.8) is 0 Å². The summed E-state index contributed by atoms with van der Waals surface area (Å²) in [6.07, 6.45) is 3.16. The van der Waals surface area contributed by atoms with Gasteiger partial charge in [-0.1, -0.05) is 25.4 Å². The normalized spacial score (nSPS) is 13.5. The van der Waals surface area contributed by atoms with E-state index < -0.39 is 19.0 Å². The van der Waals surface area contributed by atoms with E-state index >= 15 is 0 Å². The number of hydrogen-bond donors (Lipinski definition) is 3. The van der Waals surface area contributed by atoms with Crippen molar-refractivity contribution in [2.75, 3.05) is 25.5 Å². The van der Waals surface area contributed by atoms with E-state index in [-0.39, 0.29) is 52.4 Å². The Kier molecular flexibility index (Phi) is 11.0. The quantitative estimate of drug-likeness (QED) is 0.266. The van der Waals surface area contributed by atoms with Crippen LogP contribution in [-0.2, 0) is 4.79 Å². The van der Waals surface area contributed by atoms with Crippen molar-refractivity contribution in [2.24, 2.45) is 0 Å². The van der Waals surface area contributed by atoms with Gasteiger partial charge in [-0.05, 0) is 32.0 Å². The molecule has 0 atom stereocenters. The van der Waals surface area contributed by atoms with Crippen molar-refractivity contribution < 1.29 is 22.3 Å². The first-order valence-electron chi connectivity index (χ1n) is 11.6. The number of nitrogens with one attached hydrogen (secondary N) is 3. The van der Waals surface area contributed by atoms with E-state index in [1.165, 1.54) is 12.4 Å². The molecular weight excluding hydrogens is 543 g/mol.